The second kappa shape index (κ2) is 9.78. The number of guanidine groups is 1. The number of fused-ring (bicyclic) bond motifs is 1. The molecule has 10 heteroatoms. The van der Waals surface area contributed by atoms with Gasteiger partial charge in [0.25, 0.3) is 0 Å². The van der Waals surface area contributed by atoms with E-state index in [1.807, 2.05) is 37.4 Å². The first-order valence-electron chi connectivity index (χ1n) is 11.3. The molecule has 1 aromatic heterocycles. The van der Waals surface area contributed by atoms with Gasteiger partial charge in [-0.15, -0.1) is 0 Å². The van der Waals surface area contributed by atoms with Crippen LogP contribution >= 0.6 is 0 Å². The Balaban J connectivity index is 1.61. The van der Waals surface area contributed by atoms with Crippen LogP contribution in [-0.2, 0) is 6.18 Å². The third-order valence-electron chi connectivity index (χ3n) is 6.15. The fourth-order valence-electron chi connectivity index (χ4n) is 4.20. The van der Waals surface area contributed by atoms with Crippen LogP contribution in [0.1, 0.15) is 25.0 Å². The largest absolute Gasteiger partial charge is 0.416 e. The van der Waals surface area contributed by atoms with Crippen LogP contribution in [-0.4, -0.2) is 46.5 Å². The molecule has 7 nitrogen and oxygen atoms in total. The Bertz CT molecular complexity index is 1280. The van der Waals surface area contributed by atoms with E-state index in [4.69, 9.17) is 4.99 Å². The summed E-state index contributed by atoms with van der Waals surface area (Å²) < 4.78 is 39.1. The van der Waals surface area contributed by atoms with E-state index in [9.17, 15) is 18.4 Å². The second-order valence-electron chi connectivity index (χ2n) is 8.84. The number of hydrogen-bond donors (Lipinski definition) is 1. The number of alkyl halides is 3. The molecule has 2 heterocycles. The van der Waals surface area contributed by atoms with E-state index in [1.165, 1.54) is 12.3 Å². The molecule has 1 aliphatic rings. The number of para-hydroxylation sites is 1. The Hall–Kier alpha value is -3.87. The van der Waals surface area contributed by atoms with Crippen molar-refractivity contribution in [3.8, 4) is 6.19 Å². The Kier molecular flexibility index (Phi) is 6.78. The average molecular weight is 482 g/mol. The number of aromatic nitrogens is 2. The van der Waals surface area contributed by atoms with Crippen LogP contribution in [0, 0.1) is 24.3 Å². The van der Waals surface area contributed by atoms with Gasteiger partial charge in [-0.25, -0.2) is 9.98 Å². The number of nitrogens with zero attached hydrogens (tertiary/aromatic N) is 6. The van der Waals surface area contributed by atoms with Crippen molar-refractivity contribution in [2.24, 2.45) is 10.9 Å². The van der Waals surface area contributed by atoms with E-state index in [-0.39, 0.29) is 17.5 Å². The van der Waals surface area contributed by atoms with E-state index in [1.54, 1.807) is 0 Å². The summed E-state index contributed by atoms with van der Waals surface area (Å²) in [6.07, 6.45) is -0.903. The predicted octanol–water partition coefficient (Wildman–Crippen LogP) is 4.86. The number of piperazine rings is 1. The van der Waals surface area contributed by atoms with Crippen molar-refractivity contribution in [3.05, 3.63) is 59.8 Å². The standard InChI is InChI=1S/C25H26F3N7/c1-16(2)22-14-34(23-13-30-21-12-18(25(26,27)28)8-9-20(21)32-23)10-11-35(22)24(31-15-29)33-19-7-5-4-6-17(19)3/h4-9,12-13,16,22H,10-11,14H2,1-3H3,(H,31,33). The number of halogens is 3. The van der Waals surface area contributed by atoms with Gasteiger partial charge in [-0.1, -0.05) is 32.0 Å². The van der Waals surface area contributed by atoms with Crippen molar-refractivity contribution in [2.75, 3.05) is 24.5 Å². The summed E-state index contributed by atoms with van der Waals surface area (Å²) in [5.41, 5.74) is 1.66. The molecular weight excluding hydrogens is 455 g/mol. The summed E-state index contributed by atoms with van der Waals surface area (Å²) >= 11 is 0. The topological polar surface area (TPSA) is 80.4 Å². The van der Waals surface area contributed by atoms with Crippen molar-refractivity contribution in [3.63, 3.8) is 0 Å². The maximum absolute atomic E-state index is 13.0. The highest BCUT2D eigenvalue weighted by Gasteiger charge is 2.33. The molecular formula is C25H26F3N7. The fourth-order valence-corrected chi connectivity index (χ4v) is 4.20. The van der Waals surface area contributed by atoms with Gasteiger partial charge in [0.05, 0.1) is 34.5 Å². The van der Waals surface area contributed by atoms with Crippen LogP contribution < -0.4 is 10.2 Å². The van der Waals surface area contributed by atoms with Gasteiger partial charge in [0.1, 0.15) is 5.82 Å². The molecule has 1 atom stereocenters. The molecule has 0 radical (unpaired) electrons. The molecule has 1 fully saturated rings. The molecule has 1 aliphatic heterocycles. The first-order chi connectivity index (χ1) is 16.7. The Labute approximate surface area is 201 Å². The SMILES string of the molecule is Cc1ccccc1N=C(NC#N)N1CCN(c2cnc3cc(C(F)(F)F)ccc3n2)CC1C(C)C. The number of hydrogen-bond acceptors (Lipinski definition) is 5. The van der Waals surface area contributed by atoms with E-state index >= 15 is 0 Å². The van der Waals surface area contributed by atoms with Crippen LogP contribution in [0.15, 0.2) is 53.7 Å². The maximum Gasteiger partial charge on any atom is 0.416 e. The number of aliphatic imine (C=N–C) groups is 1. The summed E-state index contributed by atoms with van der Waals surface area (Å²) in [7, 11) is 0. The summed E-state index contributed by atoms with van der Waals surface area (Å²) in [6, 6.07) is 11.1. The summed E-state index contributed by atoms with van der Waals surface area (Å²) in [4.78, 5) is 17.7. The summed E-state index contributed by atoms with van der Waals surface area (Å²) in [5, 5.41) is 12.1. The molecule has 0 spiro atoms. The molecule has 0 amide bonds. The number of rotatable bonds is 3. The Morgan fingerprint density at radius 1 is 1.17 bits per heavy atom. The zero-order valence-electron chi connectivity index (χ0n) is 19.7. The van der Waals surface area contributed by atoms with Gasteiger partial charge < -0.3 is 9.80 Å². The van der Waals surface area contributed by atoms with Gasteiger partial charge in [0.2, 0.25) is 5.96 Å². The minimum atomic E-state index is -4.43. The number of nitrogens with one attached hydrogen (secondary N) is 1. The van der Waals surface area contributed by atoms with E-state index in [0.717, 1.165) is 23.4 Å². The number of benzene rings is 2. The van der Waals surface area contributed by atoms with E-state index in [0.29, 0.717) is 36.9 Å². The van der Waals surface area contributed by atoms with Crippen LogP contribution in [0.5, 0.6) is 0 Å². The van der Waals surface area contributed by atoms with Crippen molar-refractivity contribution >= 4 is 28.5 Å². The molecule has 0 aliphatic carbocycles. The van der Waals surface area contributed by atoms with Gasteiger partial charge in [0, 0.05) is 19.6 Å². The highest BCUT2D eigenvalue weighted by molar-refractivity contribution is 5.85. The zero-order chi connectivity index (χ0) is 25.2. The smallest absolute Gasteiger partial charge is 0.351 e. The lowest BCUT2D eigenvalue weighted by Gasteiger charge is -2.44. The van der Waals surface area contributed by atoms with Crippen molar-refractivity contribution in [2.45, 2.75) is 33.0 Å². The number of nitriles is 1. The first-order valence-corrected chi connectivity index (χ1v) is 11.3. The minimum absolute atomic E-state index is 0.0115. The normalized spacial score (nSPS) is 17.1. The van der Waals surface area contributed by atoms with Gasteiger partial charge in [-0.05, 0) is 42.7 Å². The van der Waals surface area contributed by atoms with Gasteiger partial charge in [-0.3, -0.25) is 10.3 Å². The molecule has 0 saturated carbocycles. The molecule has 4 rings (SSSR count). The van der Waals surface area contributed by atoms with Crippen molar-refractivity contribution in [1.82, 2.24) is 20.2 Å². The molecule has 182 valence electrons. The van der Waals surface area contributed by atoms with Gasteiger partial charge in [0.15, 0.2) is 6.19 Å². The lowest BCUT2D eigenvalue weighted by molar-refractivity contribution is -0.137. The quantitative estimate of drug-likeness (QED) is 0.249. The van der Waals surface area contributed by atoms with Crippen LogP contribution in [0.2, 0.25) is 0 Å². The third kappa shape index (κ3) is 5.29. The van der Waals surface area contributed by atoms with Gasteiger partial charge >= 0.3 is 6.18 Å². The number of aryl methyl sites for hydroxylation is 1. The van der Waals surface area contributed by atoms with E-state index in [2.05, 4.69) is 38.9 Å². The molecule has 1 N–H and O–H groups in total. The van der Waals surface area contributed by atoms with Crippen LogP contribution in [0.3, 0.4) is 0 Å². The molecule has 1 unspecified atom stereocenters. The Morgan fingerprint density at radius 2 is 1.94 bits per heavy atom. The summed E-state index contributed by atoms with van der Waals surface area (Å²) in [5.74, 6) is 1.32. The van der Waals surface area contributed by atoms with Crippen molar-refractivity contribution < 1.29 is 13.2 Å². The Morgan fingerprint density at radius 3 is 2.63 bits per heavy atom. The minimum Gasteiger partial charge on any atom is -0.351 e. The second-order valence-corrected chi connectivity index (χ2v) is 8.84. The highest BCUT2D eigenvalue weighted by atomic mass is 19.4. The monoisotopic (exact) mass is 481 g/mol. The molecule has 35 heavy (non-hydrogen) atoms. The first kappa shape index (κ1) is 24.3. The predicted molar refractivity (Wildman–Crippen MR) is 129 cm³/mol. The average Bonchev–Trinajstić information content (AvgIpc) is 2.83. The highest BCUT2D eigenvalue weighted by Crippen LogP contribution is 2.31. The third-order valence-corrected chi connectivity index (χ3v) is 6.15. The molecule has 1 saturated heterocycles. The van der Waals surface area contributed by atoms with Crippen LogP contribution in [0.4, 0.5) is 24.7 Å². The lowest BCUT2D eigenvalue weighted by atomic mass is 9.99. The van der Waals surface area contributed by atoms with Gasteiger partial charge in [-0.2, -0.15) is 18.4 Å². The molecule has 2 aromatic carbocycles. The van der Waals surface area contributed by atoms with Crippen LogP contribution in [0.25, 0.3) is 11.0 Å². The maximum atomic E-state index is 13.0. The fraction of sp³-hybridized carbons (Fsp3) is 0.360. The van der Waals surface area contributed by atoms with E-state index < -0.39 is 11.7 Å². The molecule has 0 bridgehead atoms. The lowest BCUT2D eigenvalue weighted by Crippen LogP contribution is -2.59. The van der Waals surface area contributed by atoms with Crippen molar-refractivity contribution in [1.29, 1.82) is 5.26 Å². The summed E-state index contributed by atoms with van der Waals surface area (Å²) in [6.45, 7) is 7.93. The number of anilines is 1. The molecule has 3 aromatic rings. The zero-order valence-corrected chi connectivity index (χ0v) is 19.7.